The van der Waals surface area contributed by atoms with Crippen molar-refractivity contribution in [3.63, 3.8) is 0 Å². The van der Waals surface area contributed by atoms with Gasteiger partial charge in [-0.25, -0.2) is 0 Å². The quantitative estimate of drug-likeness (QED) is 0.589. The molecule has 1 aliphatic rings. The lowest BCUT2D eigenvalue weighted by Crippen LogP contribution is -2.59. The molecule has 3 N–H and O–H groups in total. The highest BCUT2D eigenvalue weighted by atomic mass is 32.2. The minimum absolute atomic E-state index is 0.0303. The zero-order chi connectivity index (χ0) is 17.2. The van der Waals surface area contributed by atoms with E-state index in [9.17, 15) is 23.7 Å². The lowest BCUT2D eigenvalue weighted by molar-refractivity contribution is -0.293. The second-order valence-corrected chi connectivity index (χ2v) is 6.92. The maximum Gasteiger partial charge on any atom is 0.297 e. The first-order valence-corrected chi connectivity index (χ1v) is 8.35. The monoisotopic (exact) mass is 348 g/mol. The van der Waals surface area contributed by atoms with Crippen LogP contribution in [-0.2, 0) is 23.8 Å². The van der Waals surface area contributed by atoms with E-state index in [2.05, 4.69) is 0 Å². The van der Waals surface area contributed by atoms with Crippen LogP contribution in [0.2, 0.25) is 0 Å². The number of aliphatic hydroxyl groups excluding tert-OH is 3. The van der Waals surface area contributed by atoms with Gasteiger partial charge in [0, 0.05) is 7.11 Å². The van der Waals surface area contributed by atoms with Gasteiger partial charge >= 0.3 is 0 Å². The Bertz CT molecular complexity index is 612. The summed E-state index contributed by atoms with van der Waals surface area (Å²) in [7, 11) is -2.78. The second kappa shape index (κ2) is 7.22. The summed E-state index contributed by atoms with van der Waals surface area (Å²) >= 11 is 0. The minimum atomic E-state index is -4.03. The van der Waals surface area contributed by atoms with Crippen LogP contribution in [0, 0.1) is 6.92 Å². The highest BCUT2D eigenvalue weighted by Crippen LogP contribution is 2.23. The molecule has 0 saturated carbocycles. The summed E-state index contributed by atoms with van der Waals surface area (Å²) in [6.45, 7) is 1.29. The highest BCUT2D eigenvalue weighted by Gasteiger charge is 2.44. The van der Waals surface area contributed by atoms with Gasteiger partial charge in [-0.15, -0.1) is 0 Å². The van der Waals surface area contributed by atoms with Gasteiger partial charge < -0.3 is 24.8 Å². The van der Waals surface area contributed by atoms with Crippen LogP contribution in [0.5, 0.6) is 0 Å². The first-order chi connectivity index (χ1) is 10.8. The standard InChI is InChI=1S/C14H20O8S/c1-8-3-5-9(6-4-8)23(18,19)21-7-10-11(15)12(16)13(17)14(20-2)22-10/h3-6,10-17H,7H2,1-2H3/t10-,11-,12+,13+,14+/m1/s1. The molecule has 1 aromatic rings. The van der Waals surface area contributed by atoms with E-state index in [1.165, 1.54) is 19.2 Å². The lowest BCUT2D eigenvalue weighted by atomic mass is 9.99. The fraction of sp³-hybridized carbons (Fsp3) is 0.571. The van der Waals surface area contributed by atoms with Crippen molar-refractivity contribution in [1.29, 1.82) is 0 Å². The molecule has 9 heteroatoms. The molecule has 23 heavy (non-hydrogen) atoms. The van der Waals surface area contributed by atoms with Crippen molar-refractivity contribution in [2.24, 2.45) is 0 Å². The number of aliphatic hydroxyl groups is 3. The summed E-state index contributed by atoms with van der Waals surface area (Å²) in [5.41, 5.74) is 0.898. The molecule has 2 rings (SSSR count). The fourth-order valence-corrected chi connectivity index (χ4v) is 3.10. The van der Waals surface area contributed by atoms with Crippen molar-refractivity contribution in [3.05, 3.63) is 29.8 Å². The zero-order valence-electron chi connectivity index (χ0n) is 12.7. The molecule has 8 nitrogen and oxygen atoms in total. The third-order valence-corrected chi connectivity index (χ3v) is 4.89. The Kier molecular flexibility index (Phi) is 5.74. The van der Waals surface area contributed by atoms with Gasteiger partial charge in [0.1, 0.15) is 24.4 Å². The van der Waals surface area contributed by atoms with Crippen LogP contribution in [-0.4, -0.2) is 68.2 Å². The molecule has 0 amide bonds. The van der Waals surface area contributed by atoms with E-state index in [-0.39, 0.29) is 4.90 Å². The van der Waals surface area contributed by atoms with Gasteiger partial charge in [0.05, 0.1) is 11.5 Å². The molecule has 1 aromatic carbocycles. The molecule has 0 radical (unpaired) electrons. The minimum Gasteiger partial charge on any atom is -0.387 e. The summed E-state index contributed by atoms with van der Waals surface area (Å²) in [5, 5.41) is 29.2. The molecule has 0 bridgehead atoms. The smallest absolute Gasteiger partial charge is 0.297 e. The van der Waals surface area contributed by atoms with Gasteiger partial charge in [-0.05, 0) is 19.1 Å². The molecule has 0 aliphatic carbocycles. The summed E-state index contributed by atoms with van der Waals surface area (Å²) in [4.78, 5) is -0.0303. The number of rotatable bonds is 5. The Hall–Kier alpha value is -1.07. The van der Waals surface area contributed by atoms with E-state index in [1.54, 1.807) is 12.1 Å². The molecule has 5 atom stereocenters. The molecule has 1 aliphatic heterocycles. The predicted octanol–water partition coefficient (Wildman–Crippen LogP) is -0.846. The average Bonchev–Trinajstić information content (AvgIpc) is 2.52. The second-order valence-electron chi connectivity index (χ2n) is 5.30. The van der Waals surface area contributed by atoms with E-state index < -0.39 is 47.4 Å². The van der Waals surface area contributed by atoms with Gasteiger partial charge in [-0.2, -0.15) is 8.42 Å². The summed E-state index contributed by atoms with van der Waals surface area (Å²) in [5.74, 6) is 0. The fourth-order valence-electron chi connectivity index (χ4n) is 2.18. The Morgan fingerprint density at radius 2 is 1.70 bits per heavy atom. The van der Waals surface area contributed by atoms with Crippen LogP contribution < -0.4 is 0 Å². The number of ether oxygens (including phenoxy) is 2. The Labute approximate surface area is 134 Å². The van der Waals surface area contributed by atoms with E-state index in [4.69, 9.17) is 13.7 Å². The normalized spacial score (nSPS) is 32.0. The van der Waals surface area contributed by atoms with Crippen LogP contribution in [0.15, 0.2) is 29.2 Å². The average molecular weight is 348 g/mol. The first-order valence-electron chi connectivity index (χ1n) is 6.95. The van der Waals surface area contributed by atoms with Gasteiger partial charge in [0.25, 0.3) is 10.1 Å². The van der Waals surface area contributed by atoms with Crippen LogP contribution >= 0.6 is 0 Å². The third-order valence-electron chi connectivity index (χ3n) is 3.60. The van der Waals surface area contributed by atoms with Crippen LogP contribution in [0.3, 0.4) is 0 Å². The van der Waals surface area contributed by atoms with Crippen molar-refractivity contribution < 1.29 is 37.4 Å². The highest BCUT2D eigenvalue weighted by molar-refractivity contribution is 7.86. The molecule has 0 spiro atoms. The molecule has 0 unspecified atom stereocenters. The Morgan fingerprint density at radius 1 is 1.09 bits per heavy atom. The molecule has 1 heterocycles. The topological polar surface area (TPSA) is 123 Å². The van der Waals surface area contributed by atoms with Gasteiger partial charge in [0.15, 0.2) is 6.29 Å². The molecule has 130 valence electrons. The van der Waals surface area contributed by atoms with Gasteiger partial charge in [-0.3, -0.25) is 4.18 Å². The van der Waals surface area contributed by atoms with Gasteiger partial charge in [0.2, 0.25) is 0 Å². The number of hydrogen-bond acceptors (Lipinski definition) is 8. The van der Waals surface area contributed by atoms with Crippen molar-refractivity contribution in [3.8, 4) is 0 Å². The SMILES string of the molecule is CO[C@H]1O[C@H](COS(=O)(=O)c2ccc(C)cc2)[C@@H](O)[C@H](O)[C@@H]1O. The third kappa shape index (κ3) is 4.07. The summed E-state index contributed by atoms with van der Waals surface area (Å²) in [6, 6.07) is 6.06. The number of hydrogen-bond donors (Lipinski definition) is 3. The van der Waals surface area contributed by atoms with E-state index in [0.29, 0.717) is 0 Å². The van der Waals surface area contributed by atoms with Gasteiger partial charge in [-0.1, -0.05) is 17.7 Å². The predicted molar refractivity (Wildman–Crippen MR) is 78.0 cm³/mol. The van der Waals surface area contributed by atoms with Crippen molar-refractivity contribution in [1.82, 2.24) is 0 Å². The van der Waals surface area contributed by atoms with Crippen LogP contribution in [0.4, 0.5) is 0 Å². The maximum atomic E-state index is 12.1. The summed E-state index contributed by atoms with van der Waals surface area (Å²) < 4.78 is 39.1. The van der Waals surface area contributed by atoms with E-state index >= 15 is 0 Å². The largest absolute Gasteiger partial charge is 0.387 e. The Morgan fingerprint density at radius 3 is 2.26 bits per heavy atom. The molecule has 0 aromatic heterocycles. The number of benzene rings is 1. The lowest BCUT2D eigenvalue weighted by Gasteiger charge is -2.39. The molecular formula is C14H20O8S. The zero-order valence-corrected chi connectivity index (χ0v) is 13.5. The molecule has 1 saturated heterocycles. The number of methoxy groups -OCH3 is 1. The van der Waals surface area contributed by atoms with E-state index in [1.807, 2.05) is 6.92 Å². The first kappa shape index (κ1) is 18.3. The van der Waals surface area contributed by atoms with Crippen molar-refractivity contribution in [2.75, 3.05) is 13.7 Å². The molecule has 1 fully saturated rings. The molecular weight excluding hydrogens is 328 g/mol. The number of aryl methyl sites for hydroxylation is 1. The van der Waals surface area contributed by atoms with E-state index in [0.717, 1.165) is 5.56 Å². The van der Waals surface area contributed by atoms with Crippen LogP contribution in [0.25, 0.3) is 0 Å². The van der Waals surface area contributed by atoms with Crippen molar-refractivity contribution >= 4 is 10.1 Å². The maximum absolute atomic E-state index is 12.1. The summed E-state index contributed by atoms with van der Waals surface area (Å²) in [6.07, 6.45) is -6.85. The van der Waals surface area contributed by atoms with Crippen LogP contribution in [0.1, 0.15) is 5.56 Å². The van der Waals surface area contributed by atoms with Crippen molar-refractivity contribution in [2.45, 2.75) is 42.5 Å². The Balaban J connectivity index is 2.05.